The Morgan fingerprint density at radius 3 is 2.60 bits per heavy atom. The number of rotatable bonds is 9. The first-order chi connectivity index (χ1) is 14.3. The molecule has 1 aliphatic rings. The van der Waals surface area contributed by atoms with Crippen LogP contribution in [0.5, 0.6) is 0 Å². The second kappa shape index (κ2) is 9.55. The highest BCUT2D eigenvalue weighted by Crippen LogP contribution is 2.35. The zero-order valence-electron chi connectivity index (χ0n) is 19.1. The number of benzene rings is 2. The summed E-state index contributed by atoms with van der Waals surface area (Å²) in [5.74, 6) is 0.538. The van der Waals surface area contributed by atoms with E-state index in [1.165, 1.54) is 40.4 Å². The Hall–Kier alpha value is -2.48. The first-order valence-corrected chi connectivity index (χ1v) is 11.3. The first-order valence-electron chi connectivity index (χ1n) is 11.3. The van der Waals surface area contributed by atoms with Crippen molar-refractivity contribution in [1.29, 1.82) is 0 Å². The Labute approximate surface area is 183 Å². The molecule has 0 radical (unpaired) electrons. The van der Waals surface area contributed by atoms with Gasteiger partial charge in [0, 0.05) is 36.4 Å². The van der Waals surface area contributed by atoms with E-state index >= 15 is 0 Å². The third kappa shape index (κ3) is 5.16. The zero-order chi connectivity index (χ0) is 21.7. The Kier molecular flexibility index (Phi) is 7.07. The van der Waals surface area contributed by atoms with Crippen LogP contribution in [-0.4, -0.2) is 23.5 Å². The normalized spacial score (nSPS) is 18.6. The standard InChI is InChI=1S/C28H38N2/c1-7-22(4)19-28(6,29-21(2)3)26-15-11-17-30(20-26)23(5)18-25-14-10-13-24-12-8-9-16-27(24)25/h8-10,12-14,16,26,29H,2,4-5,7,11,15,17-20H2,1,3,6H3/t26?,28-/m0/s1. The zero-order valence-corrected chi connectivity index (χ0v) is 19.1. The van der Waals surface area contributed by atoms with Gasteiger partial charge in [0.1, 0.15) is 0 Å². The van der Waals surface area contributed by atoms with Crippen molar-refractivity contribution in [3.8, 4) is 0 Å². The number of nitrogens with zero attached hydrogens (tertiary/aromatic N) is 1. The molecule has 2 atom stereocenters. The molecule has 160 valence electrons. The second-order valence-corrected chi connectivity index (χ2v) is 9.27. The van der Waals surface area contributed by atoms with Gasteiger partial charge >= 0.3 is 0 Å². The Morgan fingerprint density at radius 1 is 1.13 bits per heavy atom. The summed E-state index contributed by atoms with van der Waals surface area (Å²) in [6.45, 7) is 21.7. The summed E-state index contributed by atoms with van der Waals surface area (Å²) in [7, 11) is 0. The minimum Gasteiger partial charge on any atom is -0.383 e. The van der Waals surface area contributed by atoms with Gasteiger partial charge in [-0.15, -0.1) is 0 Å². The van der Waals surface area contributed by atoms with E-state index in [0.717, 1.165) is 38.0 Å². The fourth-order valence-electron chi connectivity index (χ4n) is 4.99. The monoisotopic (exact) mass is 402 g/mol. The molecule has 0 aliphatic carbocycles. The molecule has 1 heterocycles. The minimum absolute atomic E-state index is 0.0165. The van der Waals surface area contributed by atoms with E-state index in [4.69, 9.17) is 0 Å². The highest BCUT2D eigenvalue weighted by molar-refractivity contribution is 5.85. The molecule has 0 bridgehead atoms. The van der Waals surface area contributed by atoms with Gasteiger partial charge in [-0.25, -0.2) is 0 Å². The van der Waals surface area contributed by atoms with Crippen LogP contribution in [0.1, 0.15) is 52.0 Å². The van der Waals surface area contributed by atoms with Crippen molar-refractivity contribution in [3.63, 3.8) is 0 Å². The predicted molar refractivity (Wildman–Crippen MR) is 131 cm³/mol. The molecule has 0 aromatic heterocycles. The number of allylic oxidation sites excluding steroid dienone is 2. The average Bonchev–Trinajstić information content (AvgIpc) is 2.73. The van der Waals surface area contributed by atoms with E-state index in [-0.39, 0.29) is 5.54 Å². The van der Waals surface area contributed by atoms with Crippen molar-refractivity contribution in [1.82, 2.24) is 10.2 Å². The van der Waals surface area contributed by atoms with Crippen LogP contribution in [-0.2, 0) is 6.42 Å². The molecule has 1 N–H and O–H groups in total. The largest absolute Gasteiger partial charge is 0.383 e. The third-order valence-corrected chi connectivity index (χ3v) is 6.66. The number of nitrogens with one attached hydrogen (secondary N) is 1. The quantitative estimate of drug-likeness (QED) is 0.462. The smallest absolute Gasteiger partial charge is 0.0424 e. The van der Waals surface area contributed by atoms with Crippen LogP contribution in [0.3, 0.4) is 0 Å². The van der Waals surface area contributed by atoms with Gasteiger partial charge in [0.25, 0.3) is 0 Å². The summed E-state index contributed by atoms with van der Waals surface area (Å²) in [6.07, 6.45) is 5.35. The Morgan fingerprint density at radius 2 is 1.87 bits per heavy atom. The van der Waals surface area contributed by atoms with E-state index in [2.05, 4.69) is 93.2 Å². The molecule has 2 heteroatoms. The molecule has 2 nitrogen and oxygen atoms in total. The first kappa shape index (κ1) is 22.2. The summed E-state index contributed by atoms with van der Waals surface area (Å²) in [5.41, 5.74) is 4.91. The maximum absolute atomic E-state index is 4.51. The molecule has 1 saturated heterocycles. The average molecular weight is 403 g/mol. The molecular weight excluding hydrogens is 364 g/mol. The third-order valence-electron chi connectivity index (χ3n) is 6.66. The summed E-state index contributed by atoms with van der Waals surface area (Å²) < 4.78 is 0. The molecule has 3 rings (SSSR count). The van der Waals surface area contributed by atoms with Crippen molar-refractivity contribution in [2.45, 2.75) is 58.4 Å². The molecule has 0 saturated carbocycles. The summed E-state index contributed by atoms with van der Waals surface area (Å²) in [4.78, 5) is 2.52. The summed E-state index contributed by atoms with van der Waals surface area (Å²) >= 11 is 0. The summed E-state index contributed by atoms with van der Waals surface area (Å²) in [6, 6.07) is 15.2. The molecular formula is C28H38N2. The van der Waals surface area contributed by atoms with Gasteiger partial charge < -0.3 is 10.2 Å². The number of likely N-dealkylation sites (tertiary alicyclic amines) is 1. The van der Waals surface area contributed by atoms with Crippen LogP contribution in [0.15, 0.2) is 79.2 Å². The van der Waals surface area contributed by atoms with Gasteiger partial charge in [0.05, 0.1) is 0 Å². The SMILES string of the molecule is C=C(CC)C[C@](C)(NC(=C)C)C1CCCN(C(=C)Cc2cccc3ccccc23)C1. The second-order valence-electron chi connectivity index (χ2n) is 9.27. The van der Waals surface area contributed by atoms with Crippen molar-refractivity contribution in [2.24, 2.45) is 5.92 Å². The maximum Gasteiger partial charge on any atom is 0.0424 e. The van der Waals surface area contributed by atoms with Gasteiger partial charge in [-0.3, -0.25) is 0 Å². The lowest BCUT2D eigenvalue weighted by Gasteiger charge is -2.46. The summed E-state index contributed by atoms with van der Waals surface area (Å²) in [5, 5.41) is 6.35. The molecule has 2 aromatic carbocycles. The van der Waals surface area contributed by atoms with Crippen LogP contribution in [0, 0.1) is 5.92 Å². The van der Waals surface area contributed by atoms with Crippen molar-refractivity contribution in [3.05, 3.63) is 84.7 Å². The number of fused-ring (bicyclic) bond motifs is 1. The fourth-order valence-corrected chi connectivity index (χ4v) is 4.99. The molecule has 1 aliphatic heterocycles. The van der Waals surface area contributed by atoms with Crippen molar-refractivity contribution in [2.75, 3.05) is 13.1 Å². The molecule has 0 spiro atoms. The lowest BCUT2D eigenvalue weighted by atomic mass is 9.75. The Bertz CT molecular complexity index is 920. The van der Waals surface area contributed by atoms with Crippen molar-refractivity contribution < 1.29 is 0 Å². The molecule has 0 amide bonds. The number of hydrogen-bond acceptors (Lipinski definition) is 2. The van der Waals surface area contributed by atoms with Gasteiger partial charge in [-0.05, 0) is 61.8 Å². The van der Waals surface area contributed by atoms with E-state index in [9.17, 15) is 0 Å². The fraction of sp³-hybridized carbons (Fsp3) is 0.429. The molecule has 1 fully saturated rings. The maximum atomic E-state index is 4.51. The molecule has 1 unspecified atom stereocenters. The number of piperidine rings is 1. The van der Waals surface area contributed by atoms with Crippen LogP contribution in [0.2, 0.25) is 0 Å². The van der Waals surface area contributed by atoms with Crippen LogP contribution >= 0.6 is 0 Å². The van der Waals surface area contributed by atoms with Gasteiger partial charge in [-0.2, -0.15) is 0 Å². The van der Waals surface area contributed by atoms with Crippen molar-refractivity contribution >= 4 is 10.8 Å². The van der Waals surface area contributed by atoms with E-state index < -0.39 is 0 Å². The van der Waals surface area contributed by atoms with E-state index in [1.807, 2.05) is 0 Å². The predicted octanol–water partition coefficient (Wildman–Crippen LogP) is 6.85. The Balaban J connectivity index is 1.76. The topological polar surface area (TPSA) is 15.3 Å². The van der Waals surface area contributed by atoms with Crippen LogP contribution in [0.25, 0.3) is 10.8 Å². The van der Waals surface area contributed by atoms with Gasteiger partial charge in [-0.1, -0.05) is 74.7 Å². The lowest BCUT2D eigenvalue weighted by molar-refractivity contribution is 0.130. The van der Waals surface area contributed by atoms with Crippen LogP contribution in [0.4, 0.5) is 0 Å². The molecule has 30 heavy (non-hydrogen) atoms. The highest BCUT2D eigenvalue weighted by Gasteiger charge is 2.37. The van der Waals surface area contributed by atoms with Gasteiger partial charge in [0.15, 0.2) is 0 Å². The molecule has 2 aromatic rings. The number of hydrogen-bond donors (Lipinski definition) is 1. The lowest BCUT2D eigenvalue weighted by Crippen LogP contribution is -2.53. The van der Waals surface area contributed by atoms with E-state index in [0.29, 0.717) is 5.92 Å². The minimum atomic E-state index is -0.0165. The van der Waals surface area contributed by atoms with Gasteiger partial charge in [0.2, 0.25) is 0 Å². The highest BCUT2D eigenvalue weighted by atomic mass is 15.2. The van der Waals surface area contributed by atoms with Crippen LogP contribution < -0.4 is 5.32 Å². The van der Waals surface area contributed by atoms with E-state index in [1.54, 1.807) is 0 Å².